The number of rotatable bonds is 10. The van der Waals surface area contributed by atoms with Gasteiger partial charge in [-0.2, -0.15) is 10.1 Å². The van der Waals surface area contributed by atoms with Gasteiger partial charge in [-0.3, -0.25) is 0 Å². The normalized spacial score (nSPS) is 18.3. The number of nitrogens with one attached hydrogen (secondary N) is 1. The van der Waals surface area contributed by atoms with Gasteiger partial charge in [-0.05, 0) is 63.6 Å². The first-order chi connectivity index (χ1) is 16.6. The molecular weight excluding hydrogens is 432 g/mol. The van der Waals surface area contributed by atoms with Crippen molar-refractivity contribution < 1.29 is 19.0 Å². The van der Waals surface area contributed by atoms with Gasteiger partial charge >= 0.3 is 5.97 Å². The van der Waals surface area contributed by atoms with Crippen molar-refractivity contribution in [3.63, 3.8) is 0 Å². The molecule has 34 heavy (non-hydrogen) atoms. The molecule has 2 heterocycles. The molecule has 1 aromatic carbocycles. The van der Waals surface area contributed by atoms with Gasteiger partial charge in [-0.15, -0.1) is 0 Å². The third-order valence-corrected chi connectivity index (χ3v) is 6.43. The number of fused-ring (bicyclic) bond motifs is 1. The Hall–Kier alpha value is -3.03. The number of carbonyl (C=O) groups is 1. The minimum Gasteiger partial charge on any atom is -0.490 e. The van der Waals surface area contributed by atoms with Crippen LogP contribution in [0.2, 0.25) is 0 Å². The molecule has 1 aliphatic heterocycles. The van der Waals surface area contributed by atoms with Crippen LogP contribution in [0, 0.1) is 0 Å². The minimum absolute atomic E-state index is 0.0303. The van der Waals surface area contributed by atoms with Crippen molar-refractivity contribution in [2.24, 2.45) is 0 Å². The fraction of sp³-hybridized carbons (Fsp3) is 0.577. The van der Waals surface area contributed by atoms with Crippen molar-refractivity contribution in [2.45, 2.75) is 84.3 Å². The van der Waals surface area contributed by atoms with Gasteiger partial charge in [0.25, 0.3) is 0 Å². The highest BCUT2D eigenvalue weighted by Crippen LogP contribution is 2.39. The molecule has 184 valence electrons. The second-order valence-corrected chi connectivity index (χ2v) is 8.95. The number of allylic oxidation sites excluding steroid dienone is 1. The Morgan fingerprint density at radius 1 is 1.12 bits per heavy atom. The summed E-state index contributed by atoms with van der Waals surface area (Å²) in [4.78, 5) is 17.8. The molecule has 0 amide bonds. The third kappa shape index (κ3) is 5.37. The van der Waals surface area contributed by atoms with Crippen LogP contribution >= 0.6 is 0 Å². The fourth-order valence-electron chi connectivity index (χ4n) is 4.68. The Labute approximate surface area is 201 Å². The van der Waals surface area contributed by atoms with Gasteiger partial charge in [-0.25, -0.2) is 9.48 Å². The number of carbonyl (C=O) groups excluding carboxylic acids is 1. The number of hydrogen-bond donors (Lipinski definition) is 1. The van der Waals surface area contributed by atoms with Crippen LogP contribution in [0.4, 0.5) is 5.95 Å². The Kier molecular flexibility index (Phi) is 8.08. The maximum atomic E-state index is 13.4. The van der Waals surface area contributed by atoms with E-state index in [9.17, 15) is 4.79 Å². The SMILES string of the molecule is CCCCCOc1ccc(C2C(C(=O)OC3CCCCC3)=C(C)Nc3ncnn32)cc1OCC. The molecule has 1 unspecified atom stereocenters. The van der Waals surface area contributed by atoms with Crippen molar-refractivity contribution in [3.8, 4) is 11.5 Å². The monoisotopic (exact) mass is 468 g/mol. The lowest BCUT2D eigenvalue weighted by molar-refractivity contribution is -0.146. The first kappa shape index (κ1) is 24.1. The van der Waals surface area contributed by atoms with Gasteiger partial charge in [0.2, 0.25) is 5.95 Å². The molecule has 1 saturated carbocycles. The lowest BCUT2D eigenvalue weighted by Crippen LogP contribution is -2.32. The number of anilines is 1. The molecule has 0 spiro atoms. The molecular formula is C26H36N4O4. The van der Waals surface area contributed by atoms with E-state index in [0.717, 1.165) is 56.2 Å². The first-order valence-corrected chi connectivity index (χ1v) is 12.6. The lowest BCUT2D eigenvalue weighted by atomic mass is 9.94. The maximum Gasteiger partial charge on any atom is 0.338 e. The van der Waals surface area contributed by atoms with Crippen molar-refractivity contribution in [2.75, 3.05) is 18.5 Å². The topological polar surface area (TPSA) is 87.5 Å². The zero-order valence-electron chi connectivity index (χ0n) is 20.5. The highest BCUT2D eigenvalue weighted by Gasteiger charge is 2.36. The van der Waals surface area contributed by atoms with Gasteiger partial charge < -0.3 is 19.5 Å². The summed E-state index contributed by atoms with van der Waals surface area (Å²) in [6, 6.07) is 5.37. The van der Waals surface area contributed by atoms with Crippen LogP contribution in [-0.4, -0.2) is 40.1 Å². The summed E-state index contributed by atoms with van der Waals surface area (Å²) in [5, 5.41) is 7.64. The van der Waals surface area contributed by atoms with Gasteiger partial charge in [0.05, 0.1) is 18.8 Å². The number of hydrogen-bond acceptors (Lipinski definition) is 7. The van der Waals surface area contributed by atoms with Crippen molar-refractivity contribution in [1.29, 1.82) is 0 Å². The molecule has 1 fully saturated rings. The van der Waals surface area contributed by atoms with E-state index in [4.69, 9.17) is 14.2 Å². The van der Waals surface area contributed by atoms with Crippen LogP contribution in [0.15, 0.2) is 35.8 Å². The molecule has 4 rings (SSSR count). The molecule has 0 radical (unpaired) electrons. The standard InChI is InChI=1S/C26H36N4O4/c1-4-6-10-15-33-21-14-13-19(16-22(21)32-5-2)24-23(18(3)29-26-27-17-28-30(24)26)25(31)34-20-11-8-7-9-12-20/h13-14,16-17,20,24H,4-12,15H2,1-3H3,(H,27,28,29). The molecule has 8 heteroatoms. The quantitative estimate of drug-likeness (QED) is 0.368. The van der Waals surface area contributed by atoms with Crippen LogP contribution in [0.5, 0.6) is 11.5 Å². The Balaban J connectivity index is 1.65. The predicted octanol–water partition coefficient (Wildman–Crippen LogP) is 5.41. The third-order valence-electron chi connectivity index (χ3n) is 6.43. The van der Waals surface area contributed by atoms with E-state index in [2.05, 4.69) is 22.3 Å². The summed E-state index contributed by atoms with van der Waals surface area (Å²) in [7, 11) is 0. The Bertz CT molecular complexity index is 1010. The van der Waals surface area contributed by atoms with E-state index in [-0.39, 0.29) is 12.1 Å². The van der Waals surface area contributed by atoms with Crippen molar-refractivity contribution in [1.82, 2.24) is 14.8 Å². The van der Waals surface area contributed by atoms with Crippen LogP contribution in [0.25, 0.3) is 0 Å². The van der Waals surface area contributed by atoms with Gasteiger partial charge in [0.15, 0.2) is 11.5 Å². The van der Waals surface area contributed by atoms with Gasteiger partial charge in [0.1, 0.15) is 18.5 Å². The summed E-state index contributed by atoms with van der Waals surface area (Å²) >= 11 is 0. The predicted molar refractivity (Wildman–Crippen MR) is 130 cm³/mol. The van der Waals surface area contributed by atoms with Crippen LogP contribution in [-0.2, 0) is 9.53 Å². The average molecular weight is 469 g/mol. The number of nitrogens with zero attached hydrogens (tertiary/aromatic N) is 3. The summed E-state index contributed by atoms with van der Waals surface area (Å²) in [6.07, 6.45) is 9.97. The van der Waals surface area contributed by atoms with Crippen molar-refractivity contribution in [3.05, 3.63) is 41.4 Å². The molecule has 0 saturated heterocycles. The van der Waals surface area contributed by atoms with Crippen molar-refractivity contribution >= 4 is 11.9 Å². The van der Waals surface area contributed by atoms with Crippen LogP contribution in [0.1, 0.15) is 83.7 Å². The second-order valence-electron chi connectivity index (χ2n) is 8.95. The smallest absolute Gasteiger partial charge is 0.338 e. The number of unbranched alkanes of at least 4 members (excludes halogenated alkanes) is 2. The van der Waals surface area contributed by atoms with E-state index < -0.39 is 6.04 Å². The lowest BCUT2D eigenvalue weighted by Gasteiger charge is -2.30. The molecule has 1 aliphatic carbocycles. The zero-order valence-corrected chi connectivity index (χ0v) is 20.5. The Morgan fingerprint density at radius 3 is 2.71 bits per heavy atom. The minimum atomic E-state index is -0.469. The van der Waals surface area contributed by atoms with Gasteiger partial charge in [0, 0.05) is 5.70 Å². The molecule has 1 aromatic heterocycles. The van der Waals surface area contributed by atoms with E-state index in [1.807, 2.05) is 32.0 Å². The molecule has 8 nitrogen and oxygen atoms in total. The molecule has 2 aromatic rings. The molecule has 2 aliphatic rings. The summed E-state index contributed by atoms with van der Waals surface area (Å²) < 4.78 is 19.6. The fourth-order valence-corrected chi connectivity index (χ4v) is 4.68. The van der Waals surface area contributed by atoms with E-state index in [1.54, 1.807) is 4.68 Å². The Morgan fingerprint density at radius 2 is 1.94 bits per heavy atom. The number of benzene rings is 1. The molecule has 0 bridgehead atoms. The molecule has 1 N–H and O–H groups in total. The van der Waals surface area contributed by atoms with E-state index >= 15 is 0 Å². The maximum absolute atomic E-state index is 13.4. The number of aromatic nitrogens is 3. The van der Waals surface area contributed by atoms with Crippen LogP contribution in [0.3, 0.4) is 0 Å². The summed E-state index contributed by atoms with van der Waals surface area (Å²) in [5.41, 5.74) is 2.14. The number of ether oxygens (including phenoxy) is 3. The van der Waals surface area contributed by atoms with Gasteiger partial charge in [-0.1, -0.05) is 32.3 Å². The van der Waals surface area contributed by atoms with E-state index in [1.165, 1.54) is 12.7 Å². The average Bonchev–Trinajstić information content (AvgIpc) is 3.30. The number of esters is 1. The highest BCUT2D eigenvalue weighted by molar-refractivity contribution is 5.92. The first-order valence-electron chi connectivity index (χ1n) is 12.6. The van der Waals surface area contributed by atoms with E-state index in [0.29, 0.717) is 36.2 Å². The second kappa shape index (κ2) is 11.4. The zero-order chi connectivity index (χ0) is 23.9. The summed E-state index contributed by atoms with van der Waals surface area (Å²) in [5.74, 6) is 1.66. The highest BCUT2D eigenvalue weighted by atomic mass is 16.5. The van der Waals surface area contributed by atoms with Crippen LogP contribution < -0.4 is 14.8 Å². The summed E-state index contributed by atoms with van der Waals surface area (Å²) in [6.45, 7) is 7.17. The largest absolute Gasteiger partial charge is 0.490 e. The molecule has 1 atom stereocenters.